The molecule has 1 aromatic heterocycles. The van der Waals surface area contributed by atoms with Gasteiger partial charge in [0, 0.05) is 30.7 Å². The van der Waals surface area contributed by atoms with Crippen LogP contribution in [0.15, 0.2) is 11.7 Å². The maximum absolute atomic E-state index is 5.92. The molecule has 1 aromatic rings. The zero-order chi connectivity index (χ0) is 9.26. The number of likely N-dealkylation sites (N-methyl/N-ethyl adjacent to an activating group) is 1. The molecule has 0 saturated carbocycles. The summed E-state index contributed by atoms with van der Waals surface area (Å²) in [5.41, 5.74) is 1.86. The molecule has 1 fully saturated rings. The van der Waals surface area contributed by atoms with Crippen LogP contribution >= 0.6 is 11.3 Å². The molecule has 0 amide bonds. The van der Waals surface area contributed by atoms with Gasteiger partial charge in [0.05, 0.1) is 11.6 Å². The molecule has 0 radical (unpaired) electrons. The second-order valence-electron chi connectivity index (χ2n) is 3.42. The first kappa shape index (κ1) is 9.08. The Morgan fingerprint density at radius 3 is 3.15 bits per heavy atom. The molecule has 72 valence electrons. The highest BCUT2D eigenvalue weighted by Gasteiger charge is 2.25. The van der Waals surface area contributed by atoms with E-state index in [4.69, 9.17) is 5.84 Å². The van der Waals surface area contributed by atoms with E-state index in [0.29, 0.717) is 6.04 Å². The average molecular weight is 198 g/mol. The summed E-state index contributed by atoms with van der Waals surface area (Å²) in [5, 5.41) is 1.91. The van der Waals surface area contributed by atoms with Gasteiger partial charge in [-0.15, -0.1) is 11.3 Å². The molecule has 1 aliphatic heterocycles. The van der Waals surface area contributed by atoms with Crippen molar-refractivity contribution in [2.45, 2.75) is 6.04 Å². The molecular weight excluding hydrogens is 184 g/mol. The normalized spacial score (nSPS) is 26.5. The van der Waals surface area contributed by atoms with Crippen LogP contribution in [0.3, 0.4) is 0 Å². The molecule has 0 bridgehead atoms. The van der Waals surface area contributed by atoms with Crippen LogP contribution in [-0.2, 0) is 0 Å². The van der Waals surface area contributed by atoms with Gasteiger partial charge in [0.15, 0.2) is 0 Å². The molecule has 0 aliphatic carbocycles. The van der Waals surface area contributed by atoms with Gasteiger partial charge in [-0.05, 0) is 7.05 Å². The Balaban J connectivity index is 2.12. The zero-order valence-electron chi connectivity index (χ0n) is 7.68. The third kappa shape index (κ3) is 1.88. The first-order valence-corrected chi connectivity index (χ1v) is 5.23. The van der Waals surface area contributed by atoms with E-state index in [2.05, 4.69) is 16.9 Å². The number of piperazine rings is 1. The van der Waals surface area contributed by atoms with E-state index < -0.39 is 0 Å². The van der Waals surface area contributed by atoms with Crippen molar-refractivity contribution in [3.63, 3.8) is 0 Å². The number of thiazole rings is 1. The highest BCUT2D eigenvalue weighted by Crippen LogP contribution is 2.24. The Morgan fingerprint density at radius 1 is 1.62 bits per heavy atom. The van der Waals surface area contributed by atoms with Gasteiger partial charge in [0.25, 0.3) is 0 Å². The van der Waals surface area contributed by atoms with Crippen LogP contribution in [-0.4, -0.2) is 41.6 Å². The van der Waals surface area contributed by atoms with E-state index in [1.807, 2.05) is 16.7 Å². The van der Waals surface area contributed by atoms with Crippen LogP contribution < -0.4 is 5.84 Å². The summed E-state index contributed by atoms with van der Waals surface area (Å²) in [4.78, 5) is 7.63. The lowest BCUT2D eigenvalue weighted by Gasteiger charge is -2.36. The molecule has 1 unspecified atom stereocenters. The van der Waals surface area contributed by atoms with Crippen molar-refractivity contribution in [2.24, 2.45) is 5.84 Å². The van der Waals surface area contributed by atoms with Crippen molar-refractivity contribution >= 4 is 11.3 Å². The van der Waals surface area contributed by atoms with E-state index in [1.54, 1.807) is 11.3 Å². The summed E-state index contributed by atoms with van der Waals surface area (Å²) in [6.45, 7) is 2.98. The quantitative estimate of drug-likeness (QED) is 0.659. The Bertz CT molecular complexity index is 261. The molecule has 2 rings (SSSR count). The fraction of sp³-hybridized carbons (Fsp3) is 0.625. The van der Waals surface area contributed by atoms with E-state index in [-0.39, 0.29) is 0 Å². The summed E-state index contributed by atoms with van der Waals surface area (Å²) in [6.07, 6.45) is 1.91. The van der Waals surface area contributed by atoms with Crippen LogP contribution in [0.2, 0.25) is 0 Å². The van der Waals surface area contributed by atoms with Gasteiger partial charge in [-0.3, -0.25) is 10.8 Å². The summed E-state index contributed by atoms with van der Waals surface area (Å²) in [5.74, 6) is 5.92. The standard InChI is InChI=1S/C8H14N4S/c1-11-2-3-12(9)7(5-11)8-4-10-6-13-8/h4,6-7H,2-3,5,9H2,1H3. The number of hydrogen-bond acceptors (Lipinski definition) is 5. The average Bonchev–Trinajstić information content (AvgIpc) is 2.61. The lowest BCUT2D eigenvalue weighted by molar-refractivity contribution is 0.0924. The van der Waals surface area contributed by atoms with E-state index in [9.17, 15) is 0 Å². The van der Waals surface area contributed by atoms with Crippen LogP contribution in [0, 0.1) is 0 Å². The van der Waals surface area contributed by atoms with Crippen molar-refractivity contribution < 1.29 is 0 Å². The molecule has 4 nitrogen and oxygen atoms in total. The van der Waals surface area contributed by atoms with Gasteiger partial charge in [-0.2, -0.15) is 0 Å². The highest BCUT2D eigenvalue weighted by atomic mass is 32.1. The van der Waals surface area contributed by atoms with E-state index in [1.165, 1.54) is 4.88 Å². The van der Waals surface area contributed by atoms with Gasteiger partial charge in [0.1, 0.15) is 0 Å². The molecule has 1 atom stereocenters. The van der Waals surface area contributed by atoms with E-state index >= 15 is 0 Å². The minimum atomic E-state index is 0.325. The molecule has 0 aromatic carbocycles. The zero-order valence-corrected chi connectivity index (χ0v) is 8.50. The predicted octanol–water partition coefficient (Wildman–Crippen LogP) is 0.305. The monoisotopic (exact) mass is 198 g/mol. The topological polar surface area (TPSA) is 45.4 Å². The summed E-state index contributed by atoms with van der Waals surface area (Å²) < 4.78 is 0. The Morgan fingerprint density at radius 2 is 2.46 bits per heavy atom. The smallest absolute Gasteiger partial charge is 0.0794 e. The summed E-state index contributed by atoms with van der Waals surface area (Å²) >= 11 is 1.68. The molecule has 1 aliphatic rings. The second kappa shape index (κ2) is 3.71. The molecule has 5 heteroatoms. The third-order valence-corrected chi connectivity index (χ3v) is 3.28. The lowest BCUT2D eigenvalue weighted by Crippen LogP contribution is -2.49. The van der Waals surface area contributed by atoms with Crippen molar-refractivity contribution in [3.8, 4) is 0 Å². The molecule has 1 saturated heterocycles. The van der Waals surface area contributed by atoms with Crippen molar-refractivity contribution in [2.75, 3.05) is 26.7 Å². The lowest BCUT2D eigenvalue weighted by atomic mass is 10.2. The van der Waals surface area contributed by atoms with Gasteiger partial charge in [0.2, 0.25) is 0 Å². The predicted molar refractivity (Wildman–Crippen MR) is 53.2 cm³/mol. The van der Waals surface area contributed by atoms with Gasteiger partial charge < -0.3 is 4.90 Å². The number of hydrazine groups is 1. The van der Waals surface area contributed by atoms with Gasteiger partial charge in [-0.25, -0.2) is 5.01 Å². The first-order valence-electron chi connectivity index (χ1n) is 4.35. The van der Waals surface area contributed by atoms with Crippen LogP contribution in [0.1, 0.15) is 10.9 Å². The molecule has 0 spiro atoms. The minimum Gasteiger partial charge on any atom is -0.303 e. The summed E-state index contributed by atoms with van der Waals surface area (Å²) in [6, 6.07) is 0.325. The Hall–Kier alpha value is -0.490. The van der Waals surface area contributed by atoms with Gasteiger partial charge in [-0.1, -0.05) is 0 Å². The highest BCUT2D eigenvalue weighted by molar-refractivity contribution is 7.09. The summed E-state index contributed by atoms with van der Waals surface area (Å²) in [7, 11) is 2.13. The number of nitrogens with zero attached hydrogens (tertiary/aromatic N) is 3. The number of nitrogens with two attached hydrogens (primary N) is 1. The third-order valence-electron chi connectivity index (χ3n) is 2.40. The number of hydrogen-bond donors (Lipinski definition) is 1. The molecule has 2 heterocycles. The minimum absolute atomic E-state index is 0.325. The first-order chi connectivity index (χ1) is 6.27. The van der Waals surface area contributed by atoms with Crippen molar-refractivity contribution in [1.82, 2.24) is 14.9 Å². The fourth-order valence-electron chi connectivity index (χ4n) is 1.58. The SMILES string of the molecule is CN1CCN(N)C(c2cncs2)C1. The van der Waals surface area contributed by atoms with Crippen molar-refractivity contribution in [1.29, 1.82) is 0 Å². The number of aromatic nitrogens is 1. The van der Waals surface area contributed by atoms with Crippen LogP contribution in [0.5, 0.6) is 0 Å². The molecule has 13 heavy (non-hydrogen) atoms. The molecular formula is C8H14N4S. The Labute approximate surface area is 81.9 Å². The number of rotatable bonds is 1. The maximum Gasteiger partial charge on any atom is 0.0794 e. The van der Waals surface area contributed by atoms with Crippen LogP contribution in [0.4, 0.5) is 0 Å². The van der Waals surface area contributed by atoms with Crippen molar-refractivity contribution in [3.05, 3.63) is 16.6 Å². The van der Waals surface area contributed by atoms with E-state index in [0.717, 1.165) is 19.6 Å². The Kier molecular flexibility index (Phi) is 2.59. The maximum atomic E-state index is 5.92. The second-order valence-corrected chi connectivity index (χ2v) is 4.34. The largest absolute Gasteiger partial charge is 0.303 e. The van der Waals surface area contributed by atoms with Gasteiger partial charge >= 0.3 is 0 Å². The van der Waals surface area contributed by atoms with Crippen LogP contribution in [0.25, 0.3) is 0 Å². The fourth-order valence-corrected chi connectivity index (χ4v) is 2.31. The molecule has 2 N–H and O–H groups in total.